The molecule has 0 bridgehead atoms. The number of anilines is 2. The molecule has 2 aromatic carbocycles. The molecule has 0 aliphatic heterocycles. The lowest BCUT2D eigenvalue weighted by atomic mass is 10.1. The molecular weight excluding hydrogens is 318 g/mol. The third-order valence-corrected chi connectivity index (χ3v) is 3.68. The van der Waals surface area contributed by atoms with Crippen LogP contribution < -0.4 is 21.1 Å². The van der Waals surface area contributed by atoms with Gasteiger partial charge in [0.15, 0.2) is 6.61 Å². The van der Waals surface area contributed by atoms with Crippen LogP contribution in [0.4, 0.5) is 11.4 Å². The summed E-state index contributed by atoms with van der Waals surface area (Å²) in [6.45, 7) is 3.76. The summed E-state index contributed by atoms with van der Waals surface area (Å²) in [6, 6.07) is 12.9. The van der Waals surface area contributed by atoms with Crippen LogP contribution in [0, 0.1) is 6.92 Å². The second-order valence-electron chi connectivity index (χ2n) is 5.62. The van der Waals surface area contributed by atoms with E-state index in [0.29, 0.717) is 17.1 Å². The Morgan fingerprint density at radius 3 is 2.40 bits per heavy atom. The Bertz CT molecular complexity index is 742. The number of aryl methyl sites for hydroxylation is 2. The molecule has 0 aliphatic rings. The van der Waals surface area contributed by atoms with Gasteiger partial charge in [-0.1, -0.05) is 25.1 Å². The van der Waals surface area contributed by atoms with Gasteiger partial charge >= 0.3 is 0 Å². The van der Waals surface area contributed by atoms with Gasteiger partial charge in [0.25, 0.3) is 5.91 Å². The van der Waals surface area contributed by atoms with Crippen LogP contribution in [0.3, 0.4) is 0 Å². The summed E-state index contributed by atoms with van der Waals surface area (Å²) in [5.41, 5.74) is 8.57. The Kier molecular flexibility index (Phi) is 6.54. The van der Waals surface area contributed by atoms with Gasteiger partial charge in [0.05, 0.1) is 6.54 Å². The topological polar surface area (TPSA) is 93.5 Å². The summed E-state index contributed by atoms with van der Waals surface area (Å²) < 4.78 is 5.49. The summed E-state index contributed by atoms with van der Waals surface area (Å²) in [5.74, 6) is 0.0815. The van der Waals surface area contributed by atoms with E-state index in [9.17, 15) is 9.59 Å². The maximum Gasteiger partial charge on any atom is 0.262 e. The van der Waals surface area contributed by atoms with Crippen molar-refractivity contribution < 1.29 is 14.3 Å². The van der Waals surface area contributed by atoms with Crippen LogP contribution in [0.25, 0.3) is 0 Å². The SMILES string of the molecule is CCc1ccc(OCC(=O)Nc2cc(NC(=O)CN)ccc2C)cc1. The van der Waals surface area contributed by atoms with Crippen molar-refractivity contribution in [2.24, 2.45) is 5.73 Å². The zero-order valence-electron chi connectivity index (χ0n) is 14.5. The van der Waals surface area contributed by atoms with Crippen LogP contribution >= 0.6 is 0 Å². The number of rotatable bonds is 7. The molecule has 4 N–H and O–H groups in total. The lowest BCUT2D eigenvalue weighted by Gasteiger charge is -2.12. The van der Waals surface area contributed by atoms with Crippen molar-refractivity contribution >= 4 is 23.2 Å². The maximum absolute atomic E-state index is 12.1. The molecule has 25 heavy (non-hydrogen) atoms. The van der Waals surface area contributed by atoms with Crippen molar-refractivity contribution in [3.8, 4) is 5.75 Å². The van der Waals surface area contributed by atoms with Crippen molar-refractivity contribution in [2.75, 3.05) is 23.8 Å². The van der Waals surface area contributed by atoms with Gasteiger partial charge < -0.3 is 21.1 Å². The Labute approximate surface area is 147 Å². The lowest BCUT2D eigenvalue weighted by molar-refractivity contribution is -0.118. The molecule has 132 valence electrons. The summed E-state index contributed by atoms with van der Waals surface area (Å²) in [6.07, 6.45) is 0.955. The molecular formula is C19H23N3O3. The maximum atomic E-state index is 12.1. The van der Waals surface area contributed by atoms with Gasteiger partial charge in [-0.15, -0.1) is 0 Å². The predicted octanol–water partition coefficient (Wildman–Crippen LogP) is 2.47. The molecule has 0 saturated heterocycles. The zero-order chi connectivity index (χ0) is 18.2. The van der Waals surface area contributed by atoms with Gasteiger partial charge in [0.1, 0.15) is 5.75 Å². The molecule has 0 aromatic heterocycles. The molecule has 6 nitrogen and oxygen atoms in total. The molecule has 0 radical (unpaired) electrons. The van der Waals surface area contributed by atoms with Crippen molar-refractivity contribution in [2.45, 2.75) is 20.3 Å². The van der Waals surface area contributed by atoms with E-state index >= 15 is 0 Å². The first kappa shape index (κ1) is 18.5. The highest BCUT2D eigenvalue weighted by Crippen LogP contribution is 2.20. The average Bonchev–Trinajstić information content (AvgIpc) is 2.63. The van der Waals surface area contributed by atoms with Crippen LogP contribution in [0.5, 0.6) is 5.75 Å². The molecule has 0 heterocycles. The van der Waals surface area contributed by atoms with Crippen LogP contribution in [-0.4, -0.2) is 25.0 Å². The van der Waals surface area contributed by atoms with Gasteiger partial charge in [0, 0.05) is 11.4 Å². The molecule has 2 rings (SSSR count). The third-order valence-electron chi connectivity index (χ3n) is 3.68. The van der Waals surface area contributed by atoms with Gasteiger partial charge in [0.2, 0.25) is 5.91 Å². The Balaban J connectivity index is 1.94. The molecule has 2 aromatic rings. The summed E-state index contributed by atoms with van der Waals surface area (Å²) in [4.78, 5) is 23.5. The molecule has 0 aliphatic carbocycles. The van der Waals surface area contributed by atoms with E-state index in [0.717, 1.165) is 12.0 Å². The number of carbonyl (C=O) groups is 2. The van der Waals surface area contributed by atoms with E-state index in [4.69, 9.17) is 10.5 Å². The van der Waals surface area contributed by atoms with Crippen molar-refractivity contribution in [1.29, 1.82) is 0 Å². The van der Waals surface area contributed by atoms with E-state index in [1.54, 1.807) is 12.1 Å². The first-order valence-corrected chi connectivity index (χ1v) is 8.14. The normalized spacial score (nSPS) is 10.2. The number of amides is 2. The van der Waals surface area contributed by atoms with Crippen LogP contribution in [-0.2, 0) is 16.0 Å². The molecule has 0 spiro atoms. The smallest absolute Gasteiger partial charge is 0.262 e. The number of ether oxygens (including phenoxy) is 1. The van der Waals surface area contributed by atoms with E-state index in [1.807, 2.05) is 37.3 Å². The molecule has 0 unspecified atom stereocenters. The number of nitrogens with two attached hydrogens (primary N) is 1. The monoisotopic (exact) mass is 341 g/mol. The van der Waals surface area contributed by atoms with Gasteiger partial charge in [-0.3, -0.25) is 9.59 Å². The largest absolute Gasteiger partial charge is 0.484 e. The number of carbonyl (C=O) groups excluding carboxylic acids is 2. The first-order chi connectivity index (χ1) is 12.0. The summed E-state index contributed by atoms with van der Waals surface area (Å²) >= 11 is 0. The van der Waals surface area contributed by atoms with Crippen molar-refractivity contribution in [1.82, 2.24) is 0 Å². The Morgan fingerprint density at radius 1 is 1.04 bits per heavy atom. The second-order valence-corrected chi connectivity index (χ2v) is 5.62. The summed E-state index contributed by atoms with van der Waals surface area (Å²) in [5, 5.41) is 5.44. The van der Waals surface area contributed by atoms with Crippen molar-refractivity contribution in [3.05, 3.63) is 53.6 Å². The Morgan fingerprint density at radius 2 is 1.76 bits per heavy atom. The molecule has 2 amide bonds. The lowest BCUT2D eigenvalue weighted by Crippen LogP contribution is -2.23. The number of nitrogens with one attached hydrogen (secondary N) is 2. The molecule has 0 fully saturated rings. The van der Waals surface area contributed by atoms with Crippen LogP contribution in [0.1, 0.15) is 18.1 Å². The molecule has 0 atom stereocenters. The minimum atomic E-state index is -0.292. The standard InChI is InChI=1S/C19H23N3O3/c1-3-14-5-8-16(9-6-14)25-12-19(24)22-17-10-15(7-4-13(17)2)21-18(23)11-20/h4-10H,3,11-12,20H2,1-2H3,(H,21,23)(H,22,24). The van der Waals surface area contributed by atoms with Crippen LogP contribution in [0.15, 0.2) is 42.5 Å². The van der Waals surface area contributed by atoms with Gasteiger partial charge in [-0.05, 0) is 48.7 Å². The minimum Gasteiger partial charge on any atom is -0.484 e. The number of hydrogen-bond acceptors (Lipinski definition) is 4. The van der Waals surface area contributed by atoms with E-state index in [1.165, 1.54) is 5.56 Å². The predicted molar refractivity (Wildman–Crippen MR) is 98.8 cm³/mol. The van der Waals surface area contributed by atoms with E-state index in [2.05, 4.69) is 17.6 Å². The average molecular weight is 341 g/mol. The van der Waals surface area contributed by atoms with E-state index < -0.39 is 0 Å². The number of hydrogen-bond donors (Lipinski definition) is 3. The second kappa shape index (κ2) is 8.84. The molecule has 0 saturated carbocycles. The highest BCUT2D eigenvalue weighted by atomic mass is 16.5. The third kappa shape index (κ3) is 5.61. The summed E-state index contributed by atoms with van der Waals surface area (Å²) in [7, 11) is 0. The first-order valence-electron chi connectivity index (χ1n) is 8.14. The van der Waals surface area contributed by atoms with Gasteiger partial charge in [-0.2, -0.15) is 0 Å². The van der Waals surface area contributed by atoms with Crippen LogP contribution in [0.2, 0.25) is 0 Å². The molecule has 6 heteroatoms. The Hall–Kier alpha value is -2.86. The minimum absolute atomic E-state index is 0.0930. The van der Waals surface area contributed by atoms with Crippen molar-refractivity contribution in [3.63, 3.8) is 0 Å². The fourth-order valence-electron chi connectivity index (χ4n) is 2.20. The number of benzene rings is 2. The van der Waals surface area contributed by atoms with E-state index in [-0.39, 0.29) is 25.0 Å². The zero-order valence-corrected chi connectivity index (χ0v) is 14.5. The fourth-order valence-corrected chi connectivity index (χ4v) is 2.20. The highest BCUT2D eigenvalue weighted by Gasteiger charge is 2.08. The van der Waals surface area contributed by atoms with Gasteiger partial charge in [-0.25, -0.2) is 0 Å². The fraction of sp³-hybridized carbons (Fsp3) is 0.263. The quantitative estimate of drug-likeness (QED) is 0.721. The highest BCUT2D eigenvalue weighted by molar-refractivity contribution is 5.95.